The number of nitrogens with zero attached hydrogens (tertiary/aromatic N) is 5. The molecule has 4 heterocycles. The summed E-state index contributed by atoms with van der Waals surface area (Å²) < 4.78 is 44.9. The number of likely N-dealkylation sites (tertiary alicyclic amines) is 2. The molecule has 0 radical (unpaired) electrons. The van der Waals surface area contributed by atoms with Crippen molar-refractivity contribution in [1.29, 1.82) is 0 Å². The molecule has 2 fully saturated rings. The van der Waals surface area contributed by atoms with Crippen LogP contribution in [0.4, 0.5) is 18.4 Å². The minimum absolute atomic E-state index is 0.0459. The molecule has 0 saturated carbocycles. The van der Waals surface area contributed by atoms with Crippen LogP contribution in [0.1, 0.15) is 104 Å². The molecule has 338 valence electrons. The highest BCUT2D eigenvalue weighted by Crippen LogP contribution is 2.55. The monoisotopic (exact) mass is 886 g/mol. The summed E-state index contributed by atoms with van der Waals surface area (Å²) in [6.07, 6.45) is 6.97. The molecule has 2 aliphatic carbocycles. The summed E-state index contributed by atoms with van der Waals surface area (Å²) in [6, 6.07) is 17.6. The summed E-state index contributed by atoms with van der Waals surface area (Å²) in [5.74, 6) is -2.99. The number of methoxy groups -OCH3 is 2. The van der Waals surface area contributed by atoms with E-state index in [4.69, 9.17) is 14.5 Å². The molecule has 1 unspecified atom stereocenters. The highest BCUT2D eigenvalue weighted by atomic mass is 19.3. The lowest BCUT2D eigenvalue weighted by Gasteiger charge is -2.30. The lowest BCUT2D eigenvalue weighted by molar-refractivity contribution is -0.136. The molecule has 3 N–H and O–H groups in total. The molecule has 3 aromatic carbocycles. The van der Waals surface area contributed by atoms with E-state index in [2.05, 4.69) is 20.6 Å². The van der Waals surface area contributed by atoms with Gasteiger partial charge in [0.15, 0.2) is 0 Å². The first-order chi connectivity index (χ1) is 31.3. The predicted octanol–water partition coefficient (Wildman–Crippen LogP) is 8.37. The molecule has 0 spiro atoms. The van der Waals surface area contributed by atoms with Crippen molar-refractivity contribution in [3.05, 3.63) is 125 Å². The number of halogens is 2. The molecule has 16 heteroatoms. The summed E-state index contributed by atoms with van der Waals surface area (Å²) in [5, 5.41) is 5.37. The van der Waals surface area contributed by atoms with Gasteiger partial charge in [0.2, 0.25) is 5.91 Å². The predicted molar refractivity (Wildman–Crippen MR) is 238 cm³/mol. The Bertz CT molecular complexity index is 2740. The van der Waals surface area contributed by atoms with Crippen LogP contribution in [0.5, 0.6) is 0 Å². The highest BCUT2D eigenvalue weighted by molar-refractivity contribution is 5.90. The smallest absolute Gasteiger partial charge is 0.407 e. The zero-order chi connectivity index (χ0) is 45.7. The third kappa shape index (κ3) is 7.82. The van der Waals surface area contributed by atoms with E-state index in [0.29, 0.717) is 71.1 Å². The molecule has 4 amide bonds. The zero-order valence-electron chi connectivity index (χ0n) is 36.9. The number of alkyl halides is 2. The number of allylic oxidation sites excluding steroid dienone is 4. The summed E-state index contributed by atoms with van der Waals surface area (Å²) in [4.78, 5) is 68.7. The summed E-state index contributed by atoms with van der Waals surface area (Å²) in [5.41, 5.74) is 5.25. The molecule has 4 aliphatic rings. The minimum atomic E-state index is -3.22. The van der Waals surface area contributed by atoms with Crippen LogP contribution in [0.2, 0.25) is 0 Å². The molecule has 5 atom stereocenters. The van der Waals surface area contributed by atoms with Gasteiger partial charge in [-0.1, -0.05) is 74.5 Å². The number of carbonyl (C=O) groups is 4. The van der Waals surface area contributed by atoms with Gasteiger partial charge < -0.3 is 39.5 Å². The normalized spacial score (nSPS) is 20.8. The number of hydrogen-bond acceptors (Lipinski definition) is 8. The molecule has 65 heavy (non-hydrogen) atoms. The first-order valence-electron chi connectivity index (χ1n) is 22.1. The Kier molecular flexibility index (Phi) is 11.5. The van der Waals surface area contributed by atoms with Crippen LogP contribution in [0.25, 0.3) is 27.7 Å². The van der Waals surface area contributed by atoms with Gasteiger partial charge in [0.25, 0.3) is 11.8 Å². The second kappa shape index (κ2) is 17.3. The number of carbonyl (C=O) groups excluding carboxylic acids is 4. The summed E-state index contributed by atoms with van der Waals surface area (Å²) >= 11 is 0. The Morgan fingerprint density at radius 1 is 0.862 bits per heavy atom. The third-order valence-electron chi connectivity index (χ3n) is 13.4. The van der Waals surface area contributed by atoms with E-state index in [0.717, 1.165) is 23.9 Å². The first kappa shape index (κ1) is 43.4. The standard InChI is InChI=1S/C49H52F2N8O6/c1-27(2)41(55-47(62)64-4)45(60)58-21-9-13-38(58)43-52-26-37(53-43)31-16-19-33-32-18-15-29(23-34(32)49(50,51)35(33)24-31)30-17-20-36-40(25-30)57(3)44(54-36)39-14-10-22-59(39)46(61)42(56-48(63)65-5)28-11-7-6-8-12-28/h6-8,11-12,15-20,23,25-27,31,38-39,41-42H,9-10,13-14,21-22,24H2,1-5H3,(H,52,53)(H,55,62)(H,56,63)/t31?,38-,39-,41-,42+/m0/s1. The molecule has 2 saturated heterocycles. The highest BCUT2D eigenvalue weighted by Gasteiger charge is 2.48. The fourth-order valence-electron chi connectivity index (χ4n) is 10.0. The van der Waals surface area contributed by atoms with Gasteiger partial charge in [-0.15, -0.1) is 0 Å². The number of nitrogens with one attached hydrogen (secondary N) is 3. The fraction of sp³-hybridized carbons (Fsp3) is 0.388. The lowest BCUT2D eigenvalue weighted by Crippen LogP contribution is -2.51. The maximum atomic E-state index is 16.7. The van der Waals surface area contributed by atoms with Crippen molar-refractivity contribution in [3.8, 4) is 11.1 Å². The van der Waals surface area contributed by atoms with E-state index >= 15 is 8.78 Å². The zero-order valence-corrected chi connectivity index (χ0v) is 36.9. The van der Waals surface area contributed by atoms with Crippen LogP contribution in [0, 0.1) is 5.92 Å². The lowest BCUT2D eigenvalue weighted by atomic mass is 9.87. The van der Waals surface area contributed by atoms with Crippen molar-refractivity contribution < 1.29 is 37.4 Å². The molecule has 5 aromatic rings. The summed E-state index contributed by atoms with van der Waals surface area (Å²) in [7, 11) is 4.41. The average Bonchev–Trinajstić information content (AvgIpc) is 4.18. The van der Waals surface area contributed by atoms with E-state index in [-0.39, 0.29) is 53.3 Å². The maximum Gasteiger partial charge on any atom is 0.407 e. The Labute approximate surface area is 375 Å². The topological polar surface area (TPSA) is 164 Å². The van der Waals surface area contributed by atoms with Crippen molar-refractivity contribution in [2.45, 2.75) is 82.0 Å². The van der Waals surface area contributed by atoms with Crippen molar-refractivity contribution in [2.75, 3.05) is 27.3 Å². The average molecular weight is 887 g/mol. The number of benzene rings is 3. The van der Waals surface area contributed by atoms with Crippen LogP contribution in [0.3, 0.4) is 0 Å². The van der Waals surface area contributed by atoms with Crippen molar-refractivity contribution in [1.82, 2.24) is 40.0 Å². The Balaban J connectivity index is 0.923. The van der Waals surface area contributed by atoms with Gasteiger partial charge in [-0.25, -0.2) is 19.6 Å². The fourth-order valence-corrected chi connectivity index (χ4v) is 10.0. The molecule has 2 aliphatic heterocycles. The number of imidazole rings is 2. The maximum absolute atomic E-state index is 16.7. The molecule has 2 aromatic heterocycles. The second-order valence-electron chi connectivity index (χ2n) is 17.6. The van der Waals surface area contributed by atoms with Gasteiger partial charge in [-0.2, -0.15) is 8.78 Å². The van der Waals surface area contributed by atoms with Crippen LogP contribution in [0.15, 0.2) is 90.7 Å². The van der Waals surface area contributed by atoms with Gasteiger partial charge in [0.05, 0.1) is 37.3 Å². The Morgan fingerprint density at radius 3 is 2.26 bits per heavy atom. The van der Waals surface area contributed by atoms with E-state index in [1.165, 1.54) is 14.2 Å². The number of ether oxygens (including phenoxy) is 2. The van der Waals surface area contributed by atoms with Crippen LogP contribution in [-0.2, 0) is 32.0 Å². The Morgan fingerprint density at radius 2 is 1.54 bits per heavy atom. The minimum Gasteiger partial charge on any atom is -0.453 e. The van der Waals surface area contributed by atoms with Crippen LogP contribution < -0.4 is 10.6 Å². The number of rotatable bonds is 10. The largest absolute Gasteiger partial charge is 0.453 e. The van der Waals surface area contributed by atoms with E-state index < -0.39 is 30.2 Å². The number of alkyl carbamates (subject to hydrolysis) is 2. The van der Waals surface area contributed by atoms with Crippen molar-refractivity contribution >= 4 is 40.6 Å². The van der Waals surface area contributed by atoms with E-state index in [1.807, 2.05) is 74.0 Å². The van der Waals surface area contributed by atoms with Crippen molar-refractivity contribution in [3.63, 3.8) is 0 Å². The van der Waals surface area contributed by atoms with E-state index in [1.54, 1.807) is 46.3 Å². The molecule has 0 bridgehead atoms. The number of aryl methyl sites for hydroxylation is 1. The second-order valence-corrected chi connectivity index (χ2v) is 17.6. The van der Waals surface area contributed by atoms with Crippen molar-refractivity contribution in [2.24, 2.45) is 13.0 Å². The van der Waals surface area contributed by atoms with Gasteiger partial charge >= 0.3 is 12.2 Å². The molecular weight excluding hydrogens is 835 g/mol. The van der Waals surface area contributed by atoms with E-state index in [9.17, 15) is 19.2 Å². The quantitative estimate of drug-likeness (QED) is 0.126. The molecule has 9 rings (SSSR count). The number of H-pyrrole nitrogens is 1. The first-order valence-corrected chi connectivity index (χ1v) is 22.1. The number of hydrogen-bond donors (Lipinski definition) is 3. The number of aromatic nitrogens is 4. The molecular formula is C49H52F2N8O6. The van der Waals surface area contributed by atoms with Gasteiger partial charge in [-0.3, -0.25) is 9.59 Å². The SMILES string of the molecule is COC(=O)N[C@H](C(=O)N1CCC[C@H]1c1ncc(C2C=CC3=C(C2)C(F)(F)c2cc(-c4ccc5nc([C@@H]6CCCN6C(=O)[C@H](NC(=O)OC)c6ccccc6)n(C)c5c4)ccc23)[nH]1)C(C)C. The summed E-state index contributed by atoms with van der Waals surface area (Å²) in [6.45, 7) is 4.71. The van der Waals surface area contributed by atoms with Gasteiger partial charge in [0.1, 0.15) is 23.7 Å². The third-order valence-corrected chi connectivity index (χ3v) is 13.4. The van der Waals surface area contributed by atoms with Gasteiger partial charge in [0, 0.05) is 49.1 Å². The molecule has 14 nitrogen and oxygen atoms in total. The number of aromatic amines is 1. The number of fused-ring (bicyclic) bond motifs is 3. The van der Waals surface area contributed by atoms with Gasteiger partial charge in [-0.05, 0) is 84.0 Å². The Hall–Kier alpha value is -6.84. The number of amides is 4. The van der Waals surface area contributed by atoms with Crippen LogP contribution >= 0.6 is 0 Å². The van der Waals surface area contributed by atoms with Crippen LogP contribution in [-0.4, -0.2) is 86.7 Å².